The molecule has 0 aromatic heterocycles. The second-order valence-corrected chi connectivity index (χ2v) is 31.4. The summed E-state index contributed by atoms with van der Waals surface area (Å²) < 4.78 is 96.8. The molecule has 0 heterocycles. The standard InChI is InChI=1S/C44H64N2O18.C41H60N2O15/c1-10-33(47)59-26-43(27-60-34(48)11-2,28-61-35(49)12-3)24-55-25-44(29-62-36(50)13-4,30-63-37(51)14-5)31-64-39(53)46-42(9)22-32(21-41(7,8)23-42)45-38(52)57-19-17-16-18-20-58-40(54)56-15-6;1-10-16-17-18-52-36(49)42-30-19-38(7,8)21-39(9,20-30)43-37(50)58-29-41(27-56-34(47)14-5,28-57-35(48)15-6)23-51-22-40(24-53-31(44)11-2,25-54-32(45)12-3)26-55-33(46)13-4/h10-14,32H,1-5,15-31H2,6-9H3,(H,45,52)(H,46,53);11-15,30H,2-6,10,16-29H2,1,7-9H3,(H,42,49)(H,43,50). The lowest BCUT2D eigenvalue weighted by Crippen LogP contribution is -2.58. The van der Waals surface area contributed by atoms with Crippen molar-refractivity contribution >= 4 is 90.2 Å². The molecule has 0 bridgehead atoms. The Hall–Kier alpha value is -11.6. The highest BCUT2D eigenvalue weighted by molar-refractivity contribution is 5.85. The fourth-order valence-corrected chi connectivity index (χ4v) is 13.0. The molecule has 4 N–H and O–H groups in total. The number of esters is 10. The Balaban J connectivity index is 0.00000123. The summed E-state index contributed by atoms with van der Waals surface area (Å²) in [6.45, 7) is 41.4. The Kier molecular flexibility index (Phi) is 49.8. The van der Waals surface area contributed by atoms with Crippen molar-refractivity contribution in [1.29, 1.82) is 0 Å². The maximum Gasteiger partial charge on any atom is 0.508 e. The van der Waals surface area contributed by atoms with Gasteiger partial charge in [-0.15, -0.1) is 0 Å². The van der Waals surface area contributed by atoms with E-state index in [0.717, 1.165) is 80.0 Å². The molecular formula is C85H124N4O33. The fourth-order valence-electron chi connectivity index (χ4n) is 13.0. The Morgan fingerprint density at radius 3 is 0.746 bits per heavy atom. The van der Waals surface area contributed by atoms with Crippen LogP contribution in [0.25, 0.3) is 0 Å². The van der Waals surface area contributed by atoms with Gasteiger partial charge < -0.3 is 107 Å². The molecule has 0 aromatic rings. The largest absolute Gasteiger partial charge is 0.508 e. The summed E-state index contributed by atoms with van der Waals surface area (Å²) >= 11 is 0. The smallest absolute Gasteiger partial charge is 0.462 e. The predicted molar refractivity (Wildman–Crippen MR) is 437 cm³/mol. The quantitative estimate of drug-likeness (QED) is 0.0190. The van der Waals surface area contributed by atoms with Crippen molar-refractivity contribution in [3.8, 4) is 0 Å². The summed E-state index contributed by atoms with van der Waals surface area (Å²) in [4.78, 5) is 186. The van der Waals surface area contributed by atoms with E-state index in [9.17, 15) is 71.9 Å². The maximum absolute atomic E-state index is 13.6. The predicted octanol–water partition coefficient (Wildman–Crippen LogP) is 9.36. The van der Waals surface area contributed by atoms with Crippen LogP contribution < -0.4 is 21.3 Å². The second-order valence-electron chi connectivity index (χ2n) is 31.4. The van der Waals surface area contributed by atoms with Gasteiger partial charge in [0.25, 0.3) is 0 Å². The van der Waals surface area contributed by atoms with Crippen molar-refractivity contribution in [2.45, 2.75) is 156 Å². The number of ether oxygens (including phenoxy) is 18. The summed E-state index contributed by atoms with van der Waals surface area (Å²) in [5.41, 5.74) is -8.85. The van der Waals surface area contributed by atoms with Gasteiger partial charge in [0.05, 0.1) is 74.5 Å². The van der Waals surface area contributed by atoms with Crippen LogP contribution in [0.1, 0.15) is 132 Å². The minimum atomic E-state index is -1.64. The number of rotatable bonds is 57. The SMILES string of the molecule is C=CC(=O)OCC(COCC(COC(=O)C=C)(COC(=O)C=C)COC(=O)NC1(C)CC(NC(=O)OCCCCC)CC(C)(C)C1)(COC(=O)C=C)COC(=O)C=C.C=CC(=O)OCC(COCC(COC(=O)C=C)(COC(=O)C=C)COC(=O)NC1(C)CC(NC(=O)OCCCCCOC(=O)OCC)CC(C)(C)C1)(COC(=O)C=C)COC(=O)C=C. The van der Waals surface area contributed by atoms with E-state index in [1.54, 1.807) is 13.8 Å². The Morgan fingerprint density at radius 2 is 0.516 bits per heavy atom. The van der Waals surface area contributed by atoms with E-state index in [1.807, 2.05) is 41.5 Å². The summed E-state index contributed by atoms with van der Waals surface area (Å²) in [5, 5.41) is 11.6. The van der Waals surface area contributed by atoms with E-state index in [4.69, 9.17) is 85.3 Å². The first-order chi connectivity index (χ1) is 57.5. The first-order valence-electron chi connectivity index (χ1n) is 39.2. The molecule has 37 heteroatoms. The van der Waals surface area contributed by atoms with Crippen LogP contribution in [-0.4, -0.2) is 246 Å². The van der Waals surface area contributed by atoms with Crippen molar-refractivity contribution in [2.75, 3.05) is 132 Å². The highest BCUT2D eigenvalue weighted by Gasteiger charge is 2.48. The molecule has 4 atom stereocenters. The molecule has 2 aliphatic carbocycles. The zero-order valence-corrected chi connectivity index (χ0v) is 71.6. The Bertz CT molecular complexity index is 3430. The first kappa shape index (κ1) is 108. The number of unbranched alkanes of at least 4 members (excludes halogenated alkanes) is 4. The third-order valence-electron chi connectivity index (χ3n) is 18.2. The molecule has 2 aliphatic rings. The van der Waals surface area contributed by atoms with Gasteiger partial charge >= 0.3 is 90.2 Å². The van der Waals surface area contributed by atoms with Gasteiger partial charge in [-0.1, -0.05) is 113 Å². The van der Waals surface area contributed by atoms with Gasteiger partial charge in [0.2, 0.25) is 0 Å². The average molecular weight is 1730 g/mol. The van der Waals surface area contributed by atoms with Crippen LogP contribution in [0.15, 0.2) is 127 Å². The minimum absolute atomic E-state index is 0.133. The molecule has 0 aromatic carbocycles. The van der Waals surface area contributed by atoms with Crippen molar-refractivity contribution < 1.29 is 157 Å². The van der Waals surface area contributed by atoms with Gasteiger partial charge in [0.1, 0.15) is 79.3 Å². The molecule has 682 valence electrons. The number of hydrogen-bond acceptors (Lipinski definition) is 33. The molecule has 0 radical (unpaired) electrons. The Labute approximate surface area is 712 Å². The third-order valence-corrected chi connectivity index (χ3v) is 18.2. The van der Waals surface area contributed by atoms with E-state index in [2.05, 4.69) is 87.1 Å². The molecular weight excluding hydrogens is 1600 g/mol. The van der Waals surface area contributed by atoms with Gasteiger partial charge in [-0.05, 0) is 95.8 Å². The van der Waals surface area contributed by atoms with Gasteiger partial charge in [-0.3, -0.25) is 0 Å². The van der Waals surface area contributed by atoms with Gasteiger partial charge in [0.15, 0.2) is 0 Å². The zero-order valence-electron chi connectivity index (χ0n) is 71.6. The monoisotopic (exact) mass is 1730 g/mol. The average Bonchev–Trinajstić information content (AvgIpc) is 0.797. The van der Waals surface area contributed by atoms with Crippen molar-refractivity contribution in [2.24, 2.45) is 32.5 Å². The van der Waals surface area contributed by atoms with Crippen LogP contribution in [-0.2, 0) is 133 Å². The van der Waals surface area contributed by atoms with Crippen LogP contribution in [0.4, 0.5) is 24.0 Å². The molecule has 0 aliphatic heterocycles. The molecule has 122 heavy (non-hydrogen) atoms. The highest BCUT2D eigenvalue weighted by Crippen LogP contribution is 2.43. The summed E-state index contributed by atoms with van der Waals surface area (Å²) in [6.07, 6.45) is 12.4. The Morgan fingerprint density at radius 1 is 0.287 bits per heavy atom. The maximum atomic E-state index is 13.6. The molecule has 4 amide bonds. The lowest BCUT2D eigenvalue weighted by atomic mass is 9.67. The lowest BCUT2D eigenvalue weighted by molar-refractivity contribution is -0.170. The number of carbonyl (C=O) groups excluding carboxylic acids is 15. The van der Waals surface area contributed by atoms with E-state index in [1.165, 1.54) is 0 Å². The molecule has 4 unspecified atom stereocenters. The number of carbonyl (C=O) groups is 15. The van der Waals surface area contributed by atoms with Gasteiger partial charge in [-0.25, -0.2) is 71.9 Å². The lowest BCUT2D eigenvalue weighted by Gasteiger charge is -2.46. The topological polar surface area (TPSA) is 470 Å². The summed E-state index contributed by atoms with van der Waals surface area (Å²) in [6, 6.07) is -0.745. The van der Waals surface area contributed by atoms with E-state index in [-0.39, 0.29) is 36.7 Å². The second kappa shape index (κ2) is 56.1. The molecule has 37 nitrogen and oxygen atoms in total. The minimum Gasteiger partial charge on any atom is -0.462 e. The number of nitrogens with one attached hydrogen (secondary N) is 4. The van der Waals surface area contributed by atoms with Crippen molar-refractivity contribution in [3.63, 3.8) is 0 Å². The van der Waals surface area contributed by atoms with E-state index in [0.29, 0.717) is 64.4 Å². The normalized spacial score (nSPS) is 16.8. The van der Waals surface area contributed by atoms with Crippen LogP contribution in [0.5, 0.6) is 0 Å². The molecule has 2 rings (SSSR count). The first-order valence-corrected chi connectivity index (χ1v) is 39.2. The summed E-state index contributed by atoms with van der Waals surface area (Å²) in [5.74, 6) is -8.62. The third kappa shape index (κ3) is 45.7. The van der Waals surface area contributed by atoms with E-state index < -0.39 is 235 Å². The van der Waals surface area contributed by atoms with Gasteiger partial charge in [-0.2, -0.15) is 0 Å². The number of amides is 4. The molecule has 2 saturated carbocycles. The fraction of sp³-hybridized carbons (Fsp3) is 0.588. The number of alkyl carbamates (subject to hydrolysis) is 4. The van der Waals surface area contributed by atoms with Crippen LogP contribution in [0.2, 0.25) is 0 Å². The zero-order chi connectivity index (χ0) is 92.1. The molecule has 0 spiro atoms. The summed E-state index contributed by atoms with van der Waals surface area (Å²) in [7, 11) is 0. The molecule has 0 saturated heterocycles. The number of hydrogen-bond donors (Lipinski definition) is 4. The van der Waals surface area contributed by atoms with Crippen LogP contribution in [0.3, 0.4) is 0 Å². The highest BCUT2D eigenvalue weighted by atomic mass is 16.7. The van der Waals surface area contributed by atoms with E-state index >= 15 is 0 Å². The van der Waals surface area contributed by atoms with Gasteiger partial charge in [0, 0.05) is 83.9 Å². The van der Waals surface area contributed by atoms with Crippen LogP contribution in [0, 0.1) is 32.5 Å². The van der Waals surface area contributed by atoms with Crippen LogP contribution >= 0.6 is 0 Å². The van der Waals surface area contributed by atoms with Crippen molar-refractivity contribution in [3.05, 3.63) is 127 Å². The molecule has 2 fully saturated rings. The van der Waals surface area contributed by atoms with Crippen molar-refractivity contribution in [1.82, 2.24) is 21.3 Å².